The van der Waals surface area contributed by atoms with Crippen LogP contribution in [0.2, 0.25) is 0 Å². The third kappa shape index (κ3) is 5.32. The third-order valence-corrected chi connectivity index (χ3v) is 3.17. The average molecular weight is 317 g/mol. The zero-order valence-electron chi connectivity index (χ0n) is 13.7. The van der Waals surface area contributed by atoms with Gasteiger partial charge in [0.05, 0.1) is 0 Å². The van der Waals surface area contributed by atoms with Crippen LogP contribution in [0.3, 0.4) is 0 Å². The van der Waals surface area contributed by atoms with Crippen LogP contribution in [0.5, 0.6) is 0 Å². The van der Waals surface area contributed by atoms with Gasteiger partial charge in [0.2, 0.25) is 0 Å². The van der Waals surface area contributed by atoms with Crippen molar-refractivity contribution in [3.8, 4) is 0 Å². The molecule has 0 aliphatic heterocycles. The molecule has 1 aromatic heterocycles. The molecule has 6 nitrogen and oxygen atoms in total. The van der Waals surface area contributed by atoms with Gasteiger partial charge in [-0.3, -0.25) is 4.79 Å². The Hall–Kier alpha value is -2.50. The monoisotopic (exact) mass is 317 g/mol. The predicted octanol–water partition coefficient (Wildman–Crippen LogP) is 2.35. The molecule has 2 aromatic rings. The van der Waals surface area contributed by atoms with E-state index >= 15 is 0 Å². The normalized spacial score (nSPS) is 11.3. The Bertz CT molecular complexity index is 686. The minimum absolute atomic E-state index is 0.143. The fraction of sp³-hybridized carbons (Fsp3) is 0.412. The van der Waals surface area contributed by atoms with Crippen molar-refractivity contribution >= 4 is 22.9 Å². The number of benzene rings is 1. The topological polar surface area (TPSA) is 83.2 Å². The van der Waals surface area contributed by atoms with Crippen molar-refractivity contribution in [2.75, 3.05) is 13.1 Å². The lowest BCUT2D eigenvalue weighted by Gasteiger charge is -2.19. The number of H-pyrrole nitrogens is 1. The first-order valence-corrected chi connectivity index (χ1v) is 7.64. The van der Waals surface area contributed by atoms with Crippen molar-refractivity contribution in [2.24, 2.45) is 0 Å². The summed E-state index contributed by atoms with van der Waals surface area (Å²) in [6.45, 7) is 5.70. The minimum Gasteiger partial charge on any atom is -0.459 e. The van der Waals surface area contributed by atoms with Crippen molar-refractivity contribution in [3.05, 3.63) is 36.0 Å². The number of esters is 1. The molecule has 3 N–H and O–H groups in total. The van der Waals surface area contributed by atoms with Crippen molar-refractivity contribution in [2.45, 2.75) is 32.8 Å². The molecule has 0 unspecified atom stereocenters. The summed E-state index contributed by atoms with van der Waals surface area (Å²) in [5, 5.41) is 6.38. The Morgan fingerprint density at radius 1 is 1.17 bits per heavy atom. The molecule has 0 saturated heterocycles. The summed E-state index contributed by atoms with van der Waals surface area (Å²) in [4.78, 5) is 26.4. The lowest BCUT2D eigenvalue weighted by molar-refractivity contribution is -0.153. The van der Waals surface area contributed by atoms with Gasteiger partial charge >= 0.3 is 12.0 Å². The molecule has 23 heavy (non-hydrogen) atoms. The van der Waals surface area contributed by atoms with Gasteiger partial charge in [0, 0.05) is 23.6 Å². The van der Waals surface area contributed by atoms with Crippen molar-refractivity contribution in [3.63, 3.8) is 0 Å². The number of nitrogens with one attached hydrogen (secondary N) is 3. The van der Waals surface area contributed by atoms with Crippen LogP contribution in [0.4, 0.5) is 4.79 Å². The van der Waals surface area contributed by atoms with Gasteiger partial charge in [0.15, 0.2) is 0 Å². The molecule has 1 aromatic carbocycles. The van der Waals surface area contributed by atoms with Crippen LogP contribution in [0.15, 0.2) is 30.5 Å². The Morgan fingerprint density at radius 3 is 2.65 bits per heavy atom. The number of hydrogen-bond donors (Lipinski definition) is 3. The standard InChI is InChI=1S/C17H23N3O3/c1-17(2,3)23-15(21)11-20-16(22)18-9-8-12-10-19-14-7-5-4-6-13(12)14/h4-7,10,19H,8-9,11H2,1-3H3,(H2,18,20,22). The maximum Gasteiger partial charge on any atom is 0.325 e. The number of para-hydroxylation sites is 1. The van der Waals surface area contributed by atoms with Crippen molar-refractivity contribution < 1.29 is 14.3 Å². The lowest BCUT2D eigenvalue weighted by Crippen LogP contribution is -2.41. The highest BCUT2D eigenvalue weighted by atomic mass is 16.6. The molecule has 0 aliphatic rings. The van der Waals surface area contributed by atoms with Gasteiger partial charge in [0.1, 0.15) is 12.1 Å². The number of aromatic nitrogens is 1. The first-order chi connectivity index (χ1) is 10.8. The van der Waals surface area contributed by atoms with Crippen LogP contribution < -0.4 is 10.6 Å². The Balaban J connectivity index is 1.72. The molecule has 2 rings (SSSR count). The summed E-state index contributed by atoms with van der Waals surface area (Å²) in [6.07, 6.45) is 2.66. The fourth-order valence-corrected chi connectivity index (χ4v) is 2.24. The van der Waals surface area contributed by atoms with Crippen LogP contribution in [0, 0.1) is 0 Å². The smallest absolute Gasteiger partial charge is 0.325 e. The molecule has 0 aliphatic carbocycles. The Labute approximate surface area is 135 Å². The number of carbonyl (C=O) groups is 2. The average Bonchev–Trinajstić information content (AvgIpc) is 2.87. The Kier molecular flexibility index (Phi) is 5.26. The van der Waals surface area contributed by atoms with E-state index in [9.17, 15) is 9.59 Å². The molecule has 0 radical (unpaired) electrons. The highest BCUT2D eigenvalue weighted by Gasteiger charge is 2.16. The van der Waals surface area contributed by atoms with Gasteiger partial charge in [-0.05, 0) is 38.8 Å². The lowest BCUT2D eigenvalue weighted by atomic mass is 10.1. The van der Waals surface area contributed by atoms with E-state index in [1.165, 1.54) is 0 Å². The highest BCUT2D eigenvalue weighted by molar-refractivity contribution is 5.83. The SMILES string of the molecule is CC(C)(C)OC(=O)CNC(=O)NCCc1c[nH]c2ccccc12. The fourth-order valence-electron chi connectivity index (χ4n) is 2.24. The zero-order valence-corrected chi connectivity index (χ0v) is 13.7. The predicted molar refractivity (Wildman–Crippen MR) is 89.2 cm³/mol. The van der Waals surface area contributed by atoms with Gasteiger partial charge in [-0.2, -0.15) is 0 Å². The van der Waals surface area contributed by atoms with Gasteiger partial charge in [0.25, 0.3) is 0 Å². The summed E-state index contributed by atoms with van der Waals surface area (Å²) in [7, 11) is 0. The number of urea groups is 1. The summed E-state index contributed by atoms with van der Waals surface area (Å²) in [5.74, 6) is -0.454. The molecule has 0 atom stereocenters. The van der Waals surface area contributed by atoms with E-state index in [0.29, 0.717) is 13.0 Å². The number of fused-ring (bicyclic) bond motifs is 1. The van der Waals surface area contributed by atoms with E-state index in [0.717, 1.165) is 16.5 Å². The number of aromatic amines is 1. The van der Waals surface area contributed by atoms with Crippen LogP contribution in [0.1, 0.15) is 26.3 Å². The first kappa shape index (κ1) is 16.9. The molecule has 0 bridgehead atoms. The first-order valence-electron chi connectivity index (χ1n) is 7.64. The van der Waals surface area contributed by atoms with E-state index < -0.39 is 11.6 Å². The van der Waals surface area contributed by atoms with E-state index in [1.807, 2.05) is 30.5 Å². The molecule has 1 heterocycles. The van der Waals surface area contributed by atoms with Crippen LogP contribution in [-0.4, -0.2) is 35.7 Å². The summed E-state index contributed by atoms with van der Waals surface area (Å²) < 4.78 is 5.11. The van der Waals surface area contributed by atoms with Gasteiger partial charge in [-0.15, -0.1) is 0 Å². The number of ether oxygens (including phenoxy) is 1. The van der Waals surface area contributed by atoms with E-state index in [4.69, 9.17) is 4.74 Å². The van der Waals surface area contributed by atoms with E-state index in [2.05, 4.69) is 15.6 Å². The maximum absolute atomic E-state index is 11.7. The molecule has 0 spiro atoms. The molecular weight excluding hydrogens is 294 g/mol. The molecule has 0 fully saturated rings. The van der Waals surface area contributed by atoms with Crippen molar-refractivity contribution in [1.82, 2.24) is 15.6 Å². The molecule has 6 heteroatoms. The number of hydrogen-bond acceptors (Lipinski definition) is 3. The maximum atomic E-state index is 11.7. The van der Waals surface area contributed by atoms with E-state index in [-0.39, 0.29) is 12.6 Å². The van der Waals surface area contributed by atoms with Gasteiger partial charge in [-0.25, -0.2) is 4.79 Å². The van der Waals surface area contributed by atoms with Gasteiger partial charge < -0.3 is 20.4 Å². The number of carbonyl (C=O) groups excluding carboxylic acids is 2. The largest absolute Gasteiger partial charge is 0.459 e. The summed E-state index contributed by atoms with van der Waals surface area (Å²) in [6, 6.07) is 7.64. The van der Waals surface area contributed by atoms with Crippen LogP contribution in [-0.2, 0) is 16.0 Å². The quantitative estimate of drug-likeness (QED) is 0.740. The highest BCUT2D eigenvalue weighted by Crippen LogP contribution is 2.17. The summed E-state index contributed by atoms with van der Waals surface area (Å²) in [5.41, 5.74) is 1.68. The second-order valence-corrected chi connectivity index (χ2v) is 6.31. The Morgan fingerprint density at radius 2 is 1.91 bits per heavy atom. The molecule has 0 saturated carbocycles. The molecular formula is C17H23N3O3. The van der Waals surface area contributed by atoms with Gasteiger partial charge in [-0.1, -0.05) is 18.2 Å². The van der Waals surface area contributed by atoms with E-state index in [1.54, 1.807) is 20.8 Å². The minimum atomic E-state index is -0.551. The molecule has 124 valence electrons. The third-order valence-electron chi connectivity index (χ3n) is 3.17. The zero-order chi connectivity index (χ0) is 16.9. The van der Waals surface area contributed by atoms with Crippen LogP contribution in [0.25, 0.3) is 10.9 Å². The number of rotatable bonds is 5. The van der Waals surface area contributed by atoms with Crippen LogP contribution >= 0.6 is 0 Å². The second-order valence-electron chi connectivity index (χ2n) is 6.31. The molecule has 2 amide bonds. The number of amides is 2. The second kappa shape index (κ2) is 7.17. The summed E-state index contributed by atoms with van der Waals surface area (Å²) >= 11 is 0. The van der Waals surface area contributed by atoms with Crippen molar-refractivity contribution in [1.29, 1.82) is 0 Å².